The number of hydrogen-bond donors (Lipinski definition) is 0. The van der Waals surface area contributed by atoms with E-state index in [-0.39, 0.29) is 5.91 Å². The van der Waals surface area contributed by atoms with E-state index in [0.29, 0.717) is 6.04 Å². The minimum Gasteiger partial charge on any atom is -0.349 e. The minimum absolute atomic E-state index is 0.160. The van der Waals surface area contributed by atoms with E-state index >= 15 is 0 Å². The fraction of sp³-hybridized carbons (Fsp3) is 0.533. The molecule has 3 nitrogen and oxygen atoms in total. The van der Waals surface area contributed by atoms with Crippen molar-refractivity contribution in [3.63, 3.8) is 0 Å². The van der Waals surface area contributed by atoms with Crippen molar-refractivity contribution in [2.45, 2.75) is 38.6 Å². The molecule has 0 aliphatic heterocycles. The highest BCUT2D eigenvalue weighted by Gasteiger charge is 2.24. The number of carbonyl (C=O) groups excluding carboxylic acids is 1. The molecule has 0 unspecified atom stereocenters. The van der Waals surface area contributed by atoms with Crippen LogP contribution < -0.4 is 0 Å². The number of nitrogens with zero attached hydrogens (tertiary/aromatic N) is 2. The van der Waals surface area contributed by atoms with Crippen LogP contribution in [0.2, 0.25) is 0 Å². The molecule has 4 heteroatoms. The van der Waals surface area contributed by atoms with Gasteiger partial charge in [0.1, 0.15) is 0 Å². The lowest BCUT2D eigenvalue weighted by atomic mass is 10.3. The van der Waals surface area contributed by atoms with Crippen LogP contribution in [0.4, 0.5) is 0 Å². The molecular formula is C15H20N2OS. The molecule has 1 aliphatic rings. The van der Waals surface area contributed by atoms with Gasteiger partial charge in [0, 0.05) is 37.4 Å². The molecule has 19 heavy (non-hydrogen) atoms. The number of carbonyl (C=O) groups is 1. The van der Waals surface area contributed by atoms with E-state index in [1.54, 1.807) is 11.3 Å². The van der Waals surface area contributed by atoms with Crippen molar-refractivity contribution < 1.29 is 4.79 Å². The summed E-state index contributed by atoms with van der Waals surface area (Å²) in [5.41, 5.74) is 0. The van der Waals surface area contributed by atoms with Crippen molar-refractivity contribution in [2.24, 2.45) is 0 Å². The Labute approximate surface area is 117 Å². The standard InChI is InChI=1S/C15H20N2OS/c1-3-4-7-16(2)15(18)13-8-11-9-17(12-5-6-12)10-14(11)19-13/h8-10,12H,3-7H2,1-2H3. The molecule has 2 aromatic rings. The number of amides is 1. The smallest absolute Gasteiger partial charge is 0.263 e. The van der Waals surface area contributed by atoms with Gasteiger partial charge in [0.05, 0.1) is 9.58 Å². The highest BCUT2D eigenvalue weighted by molar-refractivity contribution is 7.20. The molecule has 2 heterocycles. The number of aromatic nitrogens is 1. The summed E-state index contributed by atoms with van der Waals surface area (Å²) >= 11 is 1.62. The number of thiophene rings is 1. The van der Waals surface area contributed by atoms with E-state index in [2.05, 4.69) is 23.9 Å². The Balaban J connectivity index is 1.76. The highest BCUT2D eigenvalue weighted by Crippen LogP contribution is 2.38. The maximum Gasteiger partial charge on any atom is 0.263 e. The zero-order valence-corrected chi connectivity index (χ0v) is 12.4. The first-order valence-corrected chi connectivity index (χ1v) is 7.87. The first-order valence-electron chi connectivity index (χ1n) is 7.05. The lowest BCUT2D eigenvalue weighted by Crippen LogP contribution is -2.26. The lowest BCUT2D eigenvalue weighted by Gasteiger charge is -2.15. The van der Waals surface area contributed by atoms with Crippen LogP contribution in [0.15, 0.2) is 18.5 Å². The van der Waals surface area contributed by atoms with E-state index in [1.165, 1.54) is 22.9 Å². The van der Waals surface area contributed by atoms with Crippen molar-refractivity contribution in [1.82, 2.24) is 9.47 Å². The van der Waals surface area contributed by atoms with E-state index < -0.39 is 0 Å². The fourth-order valence-electron chi connectivity index (χ4n) is 2.33. The SMILES string of the molecule is CCCCN(C)C(=O)c1cc2cn(C3CC3)cc2s1. The van der Waals surface area contributed by atoms with Gasteiger partial charge in [0.25, 0.3) is 5.91 Å². The van der Waals surface area contributed by atoms with Crippen molar-refractivity contribution in [3.05, 3.63) is 23.3 Å². The molecule has 0 N–H and O–H groups in total. The van der Waals surface area contributed by atoms with Gasteiger partial charge in [0.15, 0.2) is 0 Å². The molecule has 0 atom stereocenters. The molecule has 2 aromatic heterocycles. The van der Waals surface area contributed by atoms with Gasteiger partial charge in [-0.2, -0.15) is 0 Å². The summed E-state index contributed by atoms with van der Waals surface area (Å²) in [6.45, 7) is 2.99. The number of rotatable bonds is 5. The van der Waals surface area contributed by atoms with Gasteiger partial charge in [-0.1, -0.05) is 13.3 Å². The van der Waals surface area contributed by atoms with Gasteiger partial charge in [0.2, 0.25) is 0 Å². The van der Waals surface area contributed by atoms with Gasteiger partial charge >= 0.3 is 0 Å². The molecule has 1 saturated carbocycles. The van der Waals surface area contributed by atoms with Crippen LogP contribution in [-0.4, -0.2) is 29.0 Å². The average molecular weight is 276 g/mol. The van der Waals surface area contributed by atoms with E-state index in [4.69, 9.17) is 0 Å². The lowest BCUT2D eigenvalue weighted by molar-refractivity contribution is 0.0798. The van der Waals surface area contributed by atoms with Gasteiger partial charge < -0.3 is 9.47 Å². The monoisotopic (exact) mass is 276 g/mol. The summed E-state index contributed by atoms with van der Waals surface area (Å²) < 4.78 is 3.54. The predicted molar refractivity (Wildman–Crippen MR) is 80.0 cm³/mol. The molecule has 0 aromatic carbocycles. The first kappa shape index (κ1) is 12.7. The zero-order valence-electron chi connectivity index (χ0n) is 11.6. The van der Waals surface area contributed by atoms with Crippen molar-refractivity contribution >= 4 is 27.3 Å². The Morgan fingerprint density at radius 2 is 2.26 bits per heavy atom. The summed E-state index contributed by atoms with van der Waals surface area (Å²) in [6, 6.07) is 2.76. The molecule has 0 bridgehead atoms. The normalized spacial score (nSPS) is 15.1. The second-order valence-electron chi connectivity index (χ2n) is 5.45. The third kappa shape index (κ3) is 2.54. The van der Waals surface area contributed by atoms with Crippen LogP contribution in [0.3, 0.4) is 0 Å². The first-order chi connectivity index (χ1) is 9.19. The maximum absolute atomic E-state index is 12.3. The van der Waals surface area contributed by atoms with Gasteiger partial charge in [-0.15, -0.1) is 11.3 Å². The average Bonchev–Trinajstić information content (AvgIpc) is 3.06. The molecule has 0 saturated heterocycles. The van der Waals surface area contributed by atoms with E-state index in [9.17, 15) is 4.79 Å². The third-order valence-corrected chi connectivity index (χ3v) is 4.79. The second-order valence-corrected chi connectivity index (χ2v) is 6.53. The molecule has 102 valence electrons. The largest absolute Gasteiger partial charge is 0.349 e. The molecule has 0 spiro atoms. The van der Waals surface area contributed by atoms with Crippen LogP contribution in [0, 0.1) is 0 Å². The van der Waals surface area contributed by atoms with Crippen LogP contribution >= 0.6 is 11.3 Å². The summed E-state index contributed by atoms with van der Waals surface area (Å²) in [5, 5.41) is 1.21. The number of fused-ring (bicyclic) bond motifs is 1. The molecule has 1 amide bonds. The molecule has 3 rings (SSSR count). The Hall–Kier alpha value is -1.29. The van der Waals surface area contributed by atoms with Crippen molar-refractivity contribution in [2.75, 3.05) is 13.6 Å². The number of unbranched alkanes of at least 4 members (excludes halogenated alkanes) is 1. The Bertz CT molecular complexity index is 563. The maximum atomic E-state index is 12.3. The topological polar surface area (TPSA) is 25.2 Å². The third-order valence-electron chi connectivity index (χ3n) is 3.72. The second kappa shape index (κ2) is 5.00. The van der Waals surface area contributed by atoms with Gasteiger partial charge in [-0.25, -0.2) is 0 Å². The van der Waals surface area contributed by atoms with Crippen LogP contribution in [0.1, 0.15) is 48.3 Å². The minimum atomic E-state index is 0.160. The van der Waals surface area contributed by atoms with E-state index in [0.717, 1.165) is 24.3 Å². The highest BCUT2D eigenvalue weighted by atomic mass is 32.1. The summed E-state index contributed by atoms with van der Waals surface area (Å²) in [4.78, 5) is 15.0. The molecular weight excluding hydrogens is 256 g/mol. The quantitative estimate of drug-likeness (QED) is 0.813. The van der Waals surface area contributed by atoms with Crippen molar-refractivity contribution in [1.29, 1.82) is 0 Å². The summed E-state index contributed by atoms with van der Waals surface area (Å²) in [6.07, 6.45) is 9.17. The van der Waals surface area contributed by atoms with Crippen LogP contribution in [0.25, 0.3) is 10.1 Å². The molecule has 1 fully saturated rings. The Kier molecular flexibility index (Phi) is 3.35. The zero-order chi connectivity index (χ0) is 13.4. The molecule has 1 aliphatic carbocycles. The Morgan fingerprint density at radius 3 is 2.89 bits per heavy atom. The Morgan fingerprint density at radius 1 is 1.47 bits per heavy atom. The summed E-state index contributed by atoms with van der Waals surface area (Å²) in [5.74, 6) is 0.160. The van der Waals surface area contributed by atoms with Gasteiger partial charge in [-0.05, 0) is 25.3 Å². The molecule has 0 radical (unpaired) electrons. The fourth-order valence-corrected chi connectivity index (χ4v) is 3.40. The van der Waals surface area contributed by atoms with Gasteiger partial charge in [-0.3, -0.25) is 4.79 Å². The van der Waals surface area contributed by atoms with Crippen LogP contribution in [0.5, 0.6) is 0 Å². The summed E-state index contributed by atoms with van der Waals surface area (Å²) in [7, 11) is 1.90. The number of hydrogen-bond acceptors (Lipinski definition) is 2. The van der Waals surface area contributed by atoms with E-state index in [1.807, 2.05) is 18.0 Å². The van der Waals surface area contributed by atoms with Crippen LogP contribution in [-0.2, 0) is 0 Å². The predicted octanol–water partition coefficient (Wildman–Crippen LogP) is 3.91. The van der Waals surface area contributed by atoms with Crippen molar-refractivity contribution in [3.8, 4) is 0 Å².